The Kier molecular flexibility index (Phi) is 8.19. The largest absolute Gasteiger partial charge is 0.494 e. The Balaban J connectivity index is 1.24. The van der Waals surface area contributed by atoms with Gasteiger partial charge in [0.2, 0.25) is 5.91 Å². The molecule has 6 nitrogen and oxygen atoms in total. The fraction of sp³-hybridized carbons (Fsp3) is 0.346. The molecule has 0 saturated carbocycles. The highest BCUT2D eigenvalue weighted by atomic mass is 32.2. The minimum Gasteiger partial charge on any atom is -0.494 e. The first-order valence-electron chi connectivity index (χ1n) is 11.5. The molecule has 0 aliphatic carbocycles. The maximum Gasteiger partial charge on any atom is 0.234 e. The molecule has 33 heavy (non-hydrogen) atoms. The molecule has 3 aromatic rings. The summed E-state index contributed by atoms with van der Waals surface area (Å²) in [4.78, 5) is 23.7. The third kappa shape index (κ3) is 6.96. The van der Waals surface area contributed by atoms with Crippen LogP contribution in [0.4, 0.5) is 11.5 Å². The van der Waals surface area contributed by atoms with Crippen LogP contribution in [0.15, 0.2) is 72.0 Å². The molecule has 172 valence electrons. The van der Waals surface area contributed by atoms with Gasteiger partial charge in [0.15, 0.2) is 5.16 Å². The number of anilines is 2. The highest BCUT2D eigenvalue weighted by molar-refractivity contribution is 7.99. The van der Waals surface area contributed by atoms with E-state index in [0.717, 1.165) is 49.6 Å². The molecule has 4 rings (SSSR count). The maximum atomic E-state index is 12.3. The van der Waals surface area contributed by atoms with Crippen molar-refractivity contribution in [3.8, 4) is 5.75 Å². The number of nitrogens with zero attached hydrogens (tertiary/aromatic N) is 3. The Bertz CT molecular complexity index is 1020. The standard InChI is InChI=1S/C26H30N4O2S/c1-2-32-23-10-8-22(9-11-23)28-25(31)19-33-26-27-15-12-24(29-26)30-16-13-21(14-17-30)18-20-6-4-3-5-7-20/h3-12,15,21H,2,13-14,16-19H2,1H3,(H,28,31). The van der Waals surface area contributed by atoms with Crippen LogP contribution in [0.3, 0.4) is 0 Å². The Morgan fingerprint density at radius 2 is 1.85 bits per heavy atom. The SMILES string of the molecule is CCOc1ccc(NC(=O)CSc2nccc(N3CCC(Cc4ccccc4)CC3)n2)cc1. The number of amides is 1. The molecule has 1 saturated heterocycles. The van der Waals surface area contributed by atoms with Crippen molar-refractivity contribution in [3.63, 3.8) is 0 Å². The van der Waals surface area contributed by atoms with Crippen LogP contribution in [-0.4, -0.2) is 41.3 Å². The number of carbonyl (C=O) groups is 1. The minimum atomic E-state index is -0.0834. The first-order valence-corrected chi connectivity index (χ1v) is 12.5. The lowest BCUT2D eigenvalue weighted by atomic mass is 9.90. The number of piperidine rings is 1. The second-order valence-corrected chi connectivity index (χ2v) is 9.05. The lowest BCUT2D eigenvalue weighted by molar-refractivity contribution is -0.113. The van der Waals surface area contributed by atoms with Crippen molar-refractivity contribution in [3.05, 3.63) is 72.4 Å². The van der Waals surface area contributed by atoms with E-state index in [2.05, 4.69) is 45.5 Å². The molecule has 0 bridgehead atoms. The molecule has 1 amide bonds. The van der Waals surface area contributed by atoms with Gasteiger partial charge < -0.3 is 15.0 Å². The van der Waals surface area contributed by atoms with Crippen LogP contribution in [0.5, 0.6) is 5.75 Å². The highest BCUT2D eigenvalue weighted by Gasteiger charge is 2.21. The van der Waals surface area contributed by atoms with E-state index in [4.69, 9.17) is 9.72 Å². The minimum absolute atomic E-state index is 0.0834. The van der Waals surface area contributed by atoms with Crippen LogP contribution in [0.25, 0.3) is 0 Å². The molecule has 1 aliphatic heterocycles. The summed E-state index contributed by atoms with van der Waals surface area (Å²) in [6, 6.07) is 20.1. The number of nitrogens with one attached hydrogen (secondary N) is 1. The van der Waals surface area contributed by atoms with Crippen molar-refractivity contribution in [1.29, 1.82) is 0 Å². The molecule has 1 aromatic heterocycles. The predicted molar refractivity (Wildman–Crippen MR) is 134 cm³/mol. The van der Waals surface area contributed by atoms with E-state index in [1.165, 1.54) is 17.3 Å². The Morgan fingerprint density at radius 3 is 2.58 bits per heavy atom. The van der Waals surface area contributed by atoms with E-state index in [1.54, 1.807) is 6.20 Å². The van der Waals surface area contributed by atoms with Crippen molar-refractivity contribution >= 4 is 29.2 Å². The summed E-state index contributed by atoms with van der Waals surface area (Å²) >= 11 is 1.35. The third-order valence-corrected chi connectivity index (χ3v) is 6.57. The summed E-state index contributed by atoms with van der Waals surface area (Å²) in [5.41, 5.74) is 2.16. The van der Waals surface area contributed by atoms with E-state index in [9.17, 15) is 4.79 Å². The normalized spacial score (nSPS) is 14.2. The molecule has 2 aromatic carbocycles. The van der Waals surface area contributed by atoms with Gasteiger partial charge in [0.05, 0.1) is 12.4 Å². The molecule has 2 heterocycles. The van der Waals surface area contributed by atoms with Crippen LogP contribution < -0.4 is 15.0 Å². The lowest BCUT2D eigenvalue weighted by Crippen LogP contribution is -2.35. The molecular formula is C26H30N4O2S. The summed E-state index contributed by atoms with van der Waals surface area (Å²) in [5.74, 6) is 2.62. The lowest BCUT2D eigenvalue weighted by Gasteiger charge is -2.33. The quantitative estimate of drug-likeness (QED) is 0.354. The molecule has 1 fully saturated rings. The second-order valence-electron chi connectivity index (χ2n) is 8.11. The zero-order valence-corrected chi connectivity index (χ0v) is 19.8. The van der Waals surface area contributed by atoms with Crippen LogP contribution >= 0.6 is 11.8 Å². The summed E-state index contributed by atoms with van der Waals surface area (Å²) in [5, 5.41) is 3.53. The van der Waals surface area contributed by atoms with E-state index in [-0.39, 0.29) is 11.7 Å². The van der Waals surface area contributed by atoms with E-state index >= 15 is 0 Å². The Labute approximate surface area is 199 Å². The molecule has 0 unspecified atom stereocenters. The smallest absolute Gasteiger partial charge is 0.234 e. The highest BCUT2D eigenvalue weighted by Crippen LogP contribution is 2.26. The summed E-state index contributed by atoms with van der Waals surface area (Å²) < 4.78 is 5.43. The van der Waals surface area contributed by atoms with E-state index in [1.807, 2.05) is 37.3 Å². The fourth-order valence-electron chi connectivity index (χ4n) is 4.02. The Hall–Kier alpha value is -3.06. The third-order valence-electron chi connectivity index (χ3n) is 5.71. The molecule has 7 heteroatoms. The first-order chi connectivity index (χ1) is 16.2. The van der Waals surface area contributed by atoms with Crippen LogP contribution in [-0.2, 0) is 11.2 Å². The van der Waals surface area contributed by atoms with Crippen molar-refractivity contribution < 1.29 is 9.53 Å². The molecule has 0 radical (unpaired) electrons. The van der Waals surface area contributed by atoms with Crippen LogP contribution in [0, 0.1) is 5.92 Å². The van der Waals surface area contributed by atoms with Crippen molar-refractivity contribution in [2.75, 3.05) is 35.7 Å². The van der Waals surface area contributed by atoms with Gasteiger partial charge in [-0.2, -0.15) is 0 Å². The zero-order valence-electron chi connectivity index (χ0n) is 18.9. The molecule has 1 aliphatic rings. The number of hydrogen-bond donors (Lipinski definition) is 1. The van der Waals surface area contributed by atoms with Gasteiger partial charge in [-0.25, -0.2) is 9.97 Å². The number of benzene rings is 2. The summed E-state index contributed by atoms with van der Waals surface area (Å²) in [6.45, 7) is 4.55. The zero-order chi connectivity index (χ0) is 22.9. The monoisotopic (exact) mass is 462 g/mol. The number of carbonyl (C=O) groups excluding carboxylic acids is 1. The van der Waals surface area contributed by atoms with Crippen molar-refractivity contribution in [2.45, 2.75) is 31.3 Å². The first kappa shape index (κ1) is 23.1. The molecular weight excluding hydrogens is 432 g/mol. The van der Waals surface area contributed by atoms with Gasteiger partial charge in [-0.1, -0.05) is 42.1 Å². The van der Waals surface area contributed by atoms with E-state index in [0.29, 0.717) is 17.7 Å². The van der Waals surface area contributed by atoms with Gasteiger partial charge in [-0.05, 0) is 68.0 Å². The Morgan fingerprint density at radius 1 is 1.09 bits per heavy atom. The number of aromatic nitrogens is 2. The molecule has 1 N–H and O–H groups in total. The van der Waals surface area contributed by atoms with E-state index < -0.39 is 0 Å². The maximum absolute atomic E-state index is 12.3. The van der Waals surface area contributed by atoms with Gasteiger partial charge in [-0.3, -0.25) is 4.79 Å². The molecule has 0 atom stereocenters. The fourth-order valence-corrected chi connectivity index (χ4v) is 4.65. The number of ether oxygens (including phenoxy) is 1. The van der Waals surface area contributed by atoms with Crippen LogP contribution in [0.2, 0.25) is 0 Å². The second kappa shape index (κ2) is 11.7. The van der Waals surface area contributed by atoms with Crippen molar-refractivity contribution in [1.82, 2.24) is 9.97 Å². The molecule has 0 spiro atoms. The number of thioether (sulfide) groups is 1. The van der Waals surface area contributed by atoms with Gasteiger partial charge in [0.1, 0.15) is 11.6 Å². The van der Waals surface area contributed by atoms with Gasteiger partial charge >= 0.3 is 0 Å². The average molecular weight is 463 g/mol. The topological polar surface area (TPSA) is 67.3 Å². The average Bonchev–Trinajstić information content (AvgIpc) is 2.85. The predicted octanol–water partition coefficient (Wildman–Crippen LogP) is 5.07. The van der Waals surface area contributed by atoms with Crippen LogP contribution in [0.1, 0.15) is 25.3 Å². The number of hydrogen-bond acceptors (Lipinski definition) is 6. The van der Waals surface area contributed by atoms with Gasteiger partial charge in [0.25, 0.3) is 0 Å². The summed E-state index contributed by atoms with van der Waals surface area (Å²) in [6.07, 6.45) is 5.24. The number of rotatable bonds is 9. The van der Waals surface area contributed by atoms with Gasteiger partial charge in [0, 0.05) is 25.0 Å². The van der Waals surface area contributed by atoms with Crippen molar-refractivity contribution in [2.24, 2.45) is 5.92 Å². The van der Waals surface area contributed by atoms with Gasteiger partial charge in [-0.15, -0.1) is 0 Å². The summed E-state index contributed by atoms with van der Waals surface area (Å²) in [7, 11) is 0.